The minimum Gasteiger partial charge on any atom is -0.463 e. The topological polar surface area (TPSA) is 68.8 Å². The number of thiocarbonyl (C=S) groups is 1. The molecule has 0 radical (unpaired) electrons. The fraction of sp³-hybridized carbons (Fsp3) is 0.467. The maximum absolute atomic E-state index is 11.4. The predicted molar refractivity (Wildman–Crippen MR) is 85.3 cm³/mol. The number of hydrogen-bond donors (Lipinski definition) is 2. The molecule has 6 nitrogen and oxygen atoms in total. The van der Waals surface area contributed by atoms with E-state index >= 15 is 0 Å². The van der Waals surface area contributed by atoms with Crippen LogP contribution < -0.4 is 15.5 Å². The number of nitrogens with one attached hydrogen (secondary N) is 2. The zero-order valence-corrected chi connectivity index (χ0v) is 13.4. The van der Waals surface area contributed by atoms with Gasteiger partial charge >= 0.3 is 5.97 Å². The summed E-state index contributed by atoms with van der Waals surface area (Å²) in [4.78, 5) is 21.6. The Labute approximate surface area is 135 Å². The molecule has 7 heteroatoms. The first kappa shape index (κ1) is 16.5. The van der Waals surface area contributed by atoms with Crippen molar-refractivity contribution in [3.05, 3.63) is 29.8 Å². The van der Waals surface area contributed by atoms with Gasteiger partial charge in [-0.25, -0.2) is 0 Å². The molecular weight excluding hydrogens is 304 g/mol. The maximum atomic E-state index is 11.4. The lowest BCUT2D eigenvalue weighted by atomic mass is 10.1. The third kappa shape index (κ3) is 4.85. The molecule has 1 aromatic rings. The molecule has 120 valence electrons. The average molecular weight is 324 g/mol. The van der Waals surface area contributed by atoms with E-state index in [4.69, 9.17) is 26.7 Å². The highest BCUT2D eigenvalue weighted by molar-refractivity contribution is 7.80. The Balaban J connectivity index is 1.77. The molecule has 1 aliphatic heterocycles. The number of hydrogen-bond acceptors (Lipinski definition) is 5. The first-order chi connectivity index (χ1) is 10.6. The Hall–Kier alpha value is -1.86. The van der Waals surface area contributed by atoms with E-state index in [0.717, 1.165) is 5.56 Å². The van der Waals surface area contributed by atoms with E-state index in [-0.39, 0.29) is 24.5 Å². The first-order valence-electron chi connectivity index (χ1n) is 7.18. The number of para-hydroxylation sites is 1. The van der Waals surface area contributed by atoms with Gasteiger partial charge in [-0.1, -0.05) is 18.2 Å². The quantitative estimate of drug-likeness (QED) is 0.487. The molecule has 0 spiro atoms. The number of rotatable bonds is 5. The van der Waals surface area contributed by atoms with Crippen molar-refractivity contribution in [1.29, 1.82) is 0 Å². The molecule has 1 heterocycles. The molecule has 22 heavy (non-hydrogen) atoms. The third-order valence-electron chi connectivity index (χ3n) is 2.96. The maximum Gasteiger partial charge on any atom is 0.307 e. The van der Waals surface area contributed by atoms with E-state index in [9.17, 15) is 4.79 Å². The zero-order chi connectivity index (χ0) is 15.9. The number of benzene rings is 1. The monoisotopic (exact) mass is 324 g/mol. The highest BCUT2D eigenvalue weighted by Crippen LogP contribution is 2.29. The molecule has 1 unspecified atom stereocenters. The predicted octanol–water partition coefficient (Wildman–Crippen LogP) is 1.86. The number of fused-ring (bicyclic) bond motifs is 1. The molecule has 0 fully saturated rings. The Morgan fingerprint density at radius 3 is 3.00 bits per heavy atom. The second kappa shape index (κ2) is 7.95. The number of carbonyl (C=O) groups excluding carboxylic acids is 1. The summed E-state index contributed by atoms with van der Waals surface area (Å²) in [6.45, 7) is 4.41. The van der Waals surface area contributed by atoms with Crippen LogP contribution in [0, 0.1) is 0 Å². The van der Waals surface area contributed by atoms with Gasteiger partial charge in [-0.3, -0.25) is 4.79 Å². The minimum absolute atomic E-state index is 0.0902. The fourth-order valence-electron chi connectivity index (χ4n) is 2.03. The van der Waals surface area contributed by atoms with Crippen molar-refractivity contribution in [2.45, 2.75) is 32.4 Å². The van der Waals surface area contributed by atoms with Crippen molar-refractivity contribution >= 4 is 23.3 Å². The lowest BCUT2D eigenvalue weighted by Gasteiger charge is -2.26. The van der Waals surface area contributed by atoms with Crippen LogP contribution in [0.3, 0.4) is 0 Å². The van der Waals surface area contributed by atoms with Gasteiger partial charge in [0.05, 0.1) is 18.6 Å². The van der Waals surface area contributed by atoms with Crippen LogP contribution in [-0.2, 0) is 14.4 Å². The van der Waals surface area contributed by atoms with Gasteiger partial charge in [-0.2, -0.15) is 4.89 Å². The average Bonchev–Trinajstić information content (AvgIpc) is 2.47. The molecule has 1 atom stereocenters. The van der Waals surface area contributed by atoms with E-state index in [2.05, 4.69) is 10.6 Å². The van der Waals surface area contributed by atoms with Crippen LogP contribution in [0.4, 0.5) is 0 Å². The Kier molecular flexibility index (Phi) is 5.97. The van der Waals surface area contributed by atoms with Gasteiger partial charge in [0, 0.05) is 12.1 Å². The van der Waals surface area contributed by atoms with Gasteiger partial charge < -0.3 is 20.3 Å². The Bertz CT molecular complexity index is 536. The minimum atomic E-state index is -0.245. The van der Waals surface area contributed by atoms with Crippen LogP contribution in [0.1, 0.15) is 31.9 Å². The van der Waals surface area contributed by atoms with Crippen molar-refractivity contribution < 1.29 is 19.3 Å². The van der Waals surface area contributed by atoms with E-state index in [0.29, 0.717) is 24.0 Å². The van der Waals surface area contributed by atoms with Gasteiger partial charge in [0.15, 0.2) is 10.9 Å². The lowest BCUT2D eigenvalue weighted by molar-refractivity contribution is -0.222. The second-order valence-electron chi connectivity index (χ2n) is 5.15. The van der Waals surface area contributed by atoms with Crippen molar-refractivity contribution in [1.82, 2.24) is 10.6 Å². The van der Waals surface area contributed by atoms with E-state index in [1.54, 1.807) is 0 Å². The summed E-state index contributed by atoms with van der Waals surface area (Å²) in [6, 6.07) is 7.51. The summed E-state index contributed by atoms with van der Waals surface area (Å²) in [5.41, 5.74) is 0.983. The summed E-state index contributed by atoms with van der Waals surface area (Å²) in [5, 5.41) is 6.60. The van der Waals surface area contributed by atoms with Gasteiger partial charge in [0.1, 0.15) is 6.61 Å². The van der Waals surface area contributed by atoms with Crippen LogP contribution in [0.25, 0.3) is 0 Å². The normalized spacial score (nSPS) is 16.4. The molecule has 2 rings (SSSR count). The second-order valence-corrected chi connectivity index (χ2v) is 5.56. The molecule has 0 saturated carbocycles. The summed E-state index contributed by atoms with van der Waals surface area (Å²) in [5.74, 6) is 0.430. The van der Waals surface area contributed by atoms with E-state index < -0.39 is 0 Å². The Morgan fingerprint density at radius 1 is 1.45 bits per heavy atom. The van der Waals surface area contributed by atoms with E-state index in [1.165, 1.54) is 0 Å². The molecule has 0 aromatic heterocycles. The summed E-state index contributed by atoms with van der Waals surface area (Å²) >= 11 is 5.23. The highest BCUT2D eigenvalue weighted by Gasteiger charge is 2.22. The van der Waals surface area contributed by atoms with Crippen LogP contribution in [0.2, 0.25) is 0 Å². The molecule has 1 aromatic carbocycles. The highest BCUT2D eigenvalue weighted by atomic mass is 32.1. The summed E-state index contributed by atoms with van der Waals surface area (Å²) in [7, 11) is 0. The van der Waals surface area contributed by atoms with Gasteiger partial charge in [0.25, 0.3) is 0 Å². The van der Waals surface area contributed by atoms with Crippen molar-refractivity contribution in [3.63, 3.8) is 0 Å². The summed E-state index contributed by atoms with van der Waals surface area (Å²) < 4.78 is 5.05. The van der Waals surface area contributed by atoms with Gasteiger partial charge in [-0.15, -0.1) is 0 Å². The summed E-state index contributed by atoms with van der Waals surface area (Å²) in [6.07, 6.45) is 0.161. The number of ether oxygens (including phenoxy) is 1. The van der Waals surface area contributed by atoms with Crippen LogP contribution >= 0.6 is 12.2 Å². The largest absolute Gasteiger partial charge is 0.463 e. The SMILES string of the molecule is CC(C)OC(=O)CCNC(=S)NC1COOc2ccccc21. The van der Waals surface area contributed by atoms with Crippen molar-refractivity contribution in [2.75, 3.05) is 13.2 Å². The molecule has 0 amide bonds. The van der Waals surface area contributed by atoms with Crippen molar-refractivity contribution in [3.8, 4) is 5.75 Å². The van der Waals surface area contributed by atoms with E-state index in [1.807, 2.05) is 38.1 Å². The number of esters is 1. The molecule has 0 bridgehead atoms. The molecule has 1 aliphatic rings. The number of carbonyl (C=O) groups is 1. The molecule has 2 N–H and O–H groups in total. The third-order valence-corrected chi connectivity index (χ3v) is 3.23. The standard InChI is InChI=1S/C15H20N2O4S/c1-10(2)20-14(18)7-8-16-15(22)17-12-9-19-21-13-6-4-3-5-11(12)13/h3-6,10,12H,7-9H2,1-2H3,(H2,16,17,22). The van der Waals surface area contributed by atoms with Crippen molar-refractivity contribution in [2.24, 2.45) is 0 Å². The zero-order valence-electron chi connectivity index (χ0n) is 12.6. The van der Waals surface area contributed by atoms with Crippen LogP contribution in [0.15, 0.2) is 24.3 Å². The molecular formula is C15H20N2O4S. The smallest absolute Gasteiger partial charge is 0.307 e. The molecule has 0 saturated heterocycles. The van der Waals surface area contributed by atoms with Gasteiger partial charge in [-0.05, 0) is 32.1 Å². The first-order valence-corrected chi connectivity index (χ1v) is 7.59. The van der Waals surface area contributed by atoms with Crippen LogP contribution in [-0.4, -0.2) is 30.3 Å². The fourth-order valence-corrected chi connectivity index (χ4v) is 2.27. The van der Waals surface area contributed by atoms with Crippen LogP contribution in [0.5, 0.6) is 5.75 Å². The van der Waals surface area contributed by atoms with Gasteiger partial charge in [0.2, 0.25) is 0 Å². The Morgan fingerprint density at radius 2 is 2.23 bits per heavy atom. The molecule has 0 aliphatic carbocycles. The lowest BCUT2D eigenvalue weighted by Crippen LogP contribution is -2.41.